The Morgan fingerprint density at radius 2 is 2.04 bits per heavy atom. The number of likely N-dealkylation sites (tertiary alicyclic amines) is 1. The van der Waals surface area contributed by atoms with Crippen LogP contribution in [0.5, 0.6) is 0 Å². The summed E-state index contributed by atoms with van der Waals surface area (Å²) < 4.78 is 0. The number of benzene rings is 1. The molecule has 0 bridgehead atoms. The van der Waals surface area contributed by atoms with Crippen molar-refractivity contribution in [2.45, 2.75) is 45.7 Å². The third-order valence-corrected chi connectivity index (χ3v) is 6.24. The maximum absolute atomic E-state index is 13.3. The predicted octanol–water partition coefficient (Wildman–Crippen LogP) is 3.22. The van der Waals surface area contributed by atoms with E-state index in [1.165, 1.54) is 0 Å². The number of imidazole rings is 1. The maximum Gasteiger partial charge on any atom is 0.252 e. The Morgan fingerprint density at radius 1 is 1.29 bits per heavy atom. The molecular weight excluding hydrogens is 376 g/mol. The Kier molecular flexibility index (Phi) is 5.02. The van der Waals surface area contributed by atoms with Gasteiger partial charge in [-0.1, -0.05) is 43.1 Å². The van der Waals surface area contributed by atoms with Gasteiger partial charge in [-0.3, -0.25) is 14.5 Å². The van der Waals surface area contributed by atoms with E-state index in [4.69, 9.17) is 11.6 Å². The van der Waals surface area contributed by atoms with Crippen molar-refractivity contribution < 1.29 is 9.59 Å². The number of H-pyrrole nitrogens is 1. The van der Waals surface area contributed by atoms with Crippen molar-refractivity contribution in [1.82, 2.24) is 20.2 Å². The van der Waals surface area contributed by atoms with Crippen LogP contribution in [0.1, 0.15) is 58.9 Å². The second-order valence-corrected chi connectivity index (χ2v) is 8.40. The second kappa shape index (κ2) is 7.33. The lowest BCUT2D eigenvalue weighted by Gasteiger charge is -2.27. The zero-order valence-corrected chi connectivity index (χ0v) is 17.0. The normalized spacial score (nSPS) is 24.6. The van der Waals surface area contributed by atoms with E-state index < -0.39 is 5.41 Å². The maximum atomic E-state index is 13.3. The van der Waals surface area contributed by atoms with Crippen molar-refractivity contribution in [3.8, 4) is 0 Å². The number of aromatic nitrogens is 2. The quantitative estimate of drug-likeness (QED) is 0.807. The van der Waals surface area contributed by atoms with E-state index in [-0.39, 0.29) is 17.7 Å². The Bertz CT molecular complexity index is 925. The first kappa shape index (κ1) is 19.2. The molecule has 1 fully saturated rings. The minimum atomic E-state index is -0.667. The van der Waals surface area contributed by atoms with Crippen LogP contribution in [0.2, 0.25) is 5.15 Å². The van der Waals surface area contributed by atoms with E-state index in [0.717, 1.165) is 30.8 Å². The summed E-state index contributed by atoms with van der Waals surface area (Å²) in [6, 6.07) is 6.83. The van der Waals surface area contributed by atoms with Crippen LogP contribution in [-0.2, 0) is 13.0 Å². The van der Waals surface area contributed by atoms with Gasteiger partial charge in [0.15, 0.2) is 10.9 Å². The molecule has 0 spiro atoms. The fourth-order valence-corrected chi connectivity index (χ4v) is 4.52. The lowest BCUT2D eigenvalue weighted by molar-refractivity contribution is 0.0789. The average molecular weight is 401 g/mol. The number of hydrogen-bond acceptors (Lipinski definition) is 4. The Balaban J connectivity index is 1.56. The van der Waals surface area contributed by atoms with Gasteiger partial charge in [0, 0.05) is 31.6 Å². The number of nitrogens with zero attached hydrogens (tertiary/aromatic N) is 2. The molecule has 7 heteroatoms. The van der Waals surface area contributed by atoms with Crippen molar-refractivity contribution in [3.63, 3.8) is 0 Å². The first-order chi connectivity index (χ1) is 13.4. The van der Waals surface area contributed by atoms with Gasteiger partial charge in [0.1, 0.15) is 5.82 Å². The monoisotopic (exact) mass is 400 g/mol. The second-order valence-electron chi connectivity index (χ2n) is 8.04. The van der Waals surface area contributed by atoms with Gasteiger partial charge in [0.05, 0.1) is 22.7 Å². The predicted molar refractivity (Wildman–Crippen MR) is 108 cm³/mol. The summed E-state index contributed by atoms with van der Waals surface area (Å²) in [5, 5.41) is 3.56. The van der Waals surface area contributed by atoms with Crippen molar-refractivity contribution in [2.24, 2.45) is 5.41 Å². The molecule has 1 saturated heterocycles. The van der Waals surface area contributed by atoms with Gasteiger partial charge in [-0.25, -0.2) is 4.98 Å². The fraction of sp³-hybridized carbons (Fsp3) is 0.476. The van der Waals surface area contributed by atoms with Crippen LogP contribution in [0.25, 0.3) is 0 Å². The number of Topliss-reactive ketones (excluding diaryl/α,β-unsaturated/α-hetero) is 1. The number of aryl methyl sites for hydroxylation is 1. The van der Waals surface area contributed by atoms with Crippen LogP contribution < -0.4 is 5.32 Å². The van der Waals surface area contributed by atoms with Gasteiger partial charge in [-0.05, 0) is 19.4 Å². The molecule has 0 unspecified atom stereocenters. The number of rotatable bonds is 5. The number of nitrogens with one attached hydrogen (secondary N) is 2. The highest BCUT2D eigenvalue weighted by Gasteiger charge is 2.51. The molecule has 1 aromatic heterocycles. The standard InChI is InChI=1S/C21H25ClN4O2/c1-3-4-9-17-23-15(19(22)25-17)10-26-11-16-21(2,12-26)18(27)13-7-5-6-8-14(13)20(28)24-16/h5-8,16H,3-4,9-12H2,1-2H3,(H,23,25)(H,24,28)/t16-,21+/m1/s1. The molecule has 1 aromatic carbocycles. The lowest BCUT2D eigenvalue weighted by Crippen LogP contribution is -2.47. The molecule has 0 aliphatic carbocycles. The number of fused-ring (bicyclic) bond motifs is 2. The zero-order valence-electron chi connectivity index (χ0n) is 16.2. The molecule has 0 saturated carbocycles. The van der Waals surface area contributed by atoms with Crippen molar-refractivity contribution in [1.29, 1.82) is 0 Å². The van der Waals surface area contributed by atoms with Crippen molar-refractivity contribution >= 4 is 23.3 Å². The van der Waals surface area contributed by atoms with Crippen LogP contribution in [0.3, 0.4) is 0 Å². The van der Waals surface area contributed by atoms with Crippen LogP contribution in [0.4, 0.5) is 0 Å². The molecule has 2 aromatic rings. The molecule has 6 nitrogen and oxygen atoms in total. The van der Waals surface area contributed by atoms with Gasteiger partial charge in [0.2, 0.25) is 0 Å². The highest BCUT2D eigenvalue weighted by atomic mass is 35.5. The molecular formula is C21H25ClN4O2. The SMILES string of the molecule is CCCCc1nc(Cl)c(CN2C[C@H]3NC(=O)c4ccccc4C(=O)[C@@]3(C)C2)[nH]1. The van der Waals surface area contributed by atoms with Gasteiger partial charge in [-0.15, -0.1) is 0 Å². The number of carbonyl (C=O) groups excluding carboxylic acids is 2. The van der Waals surface area contributed by atoms with Crippen LogP contribution in [0.15, 0.2) is 24.3 Å². The topological polar surface area (TPSA) is 78.1 Å². The first-order valence-electron chi connectivity index (χ1n) is 9.82. The van der Waals surface area contributed by atoms with Gasteiger partial charge < -0.3 is 10.3 Å². The summed E-state index contributed by atoms with van der Waals surface area (Å²) in [6.07, 6.45) is 3.04. The van der Waals surface area contributed by atoms with Gasteiger partial charge >= 0.3 is 0 Å². The molecule has 1 amide bonds. The van der Waals surface area contributed by atoms with Crippen molar-refractivity contribution in [2.75, 3.05) is 13.1 Å². The van der Waals surface area contributed by atoms with E-state index in [1.807, 2.05) is 13.0 Å². The first-order valence-corrected chi connectivity index (χ1v) is 10.2. The van der Waals surface area contributed by atoms with Crippen molar-refractivity contribution in [3.05, 3.63) is 52.1 Å². The summed E-state index contributed by atoms with van der Waals surface area (Å²) in [5.41, 5.74) is 1.17. The number of hydrogen-bond donors (Lipinski definition) is 2. The largest absolute Gasteiger partial charge is 0.347 e. The molecule has 2 aliphatic heterocycles. The summed E-state index contributed by atoms with van der Waals surface area (Å²) in [6.45, 7) is 5.83. The van der Waals surface area contributed by atoms with Crippen LogP contribution in [-0.4, -0.2) is 45.7 Å². The zero-order chi connectivity index (χ0) is 19.9. The Labute approximate surface area is 169 Å². The molecule has 2 aliphatic rings. The average Bonchev–Trinajstić information content (AvgIpc) is 3.17. The molecule has 28 heavy (non-hydrogen) atoms. The highest BCUT2D eigenvalue weighted by molar-refractivity contribution is 6.30. The molecule has 3 heterocycles. The smallest absolute Gasteiger partial charge is 0.252 e. The van der Waals surface area contributed by atoms with Crippen LogP contribution >= 0.6 is 11.6 Å². The summed E-state index contributed by atoms with van der Waals surface area (Å²) >= 11 is 6.33. The number of halogens is 1. The van der Waals surface area contributed by atoms with Crippen LogP contribution in [0, 0.1) is 5.41 Å². The third kappa shape index (κ3) is 3.25. The number of ketones is 1. The van der Waals surface area contributed by atoms with E-state index in [9.17, 15) is 9.59 Å². The highest BCUT2D eigenvalue weighted by Crippen LogP contribution is 2.38. The molecule has 4 rings (SSSR count). The molecule has 2 atom stereocenters. The van der Waals surface area contributed by atoms with E-state index in [2.05, 4.69) is 27.1 Å². The number of unbranched alkanes of at least 4 members (excludes halogenated alkanes) is 1. The summed E-state index contributed by atoms with van der Waals surface area (Å²) in [7, 11) is 0. The number of aromatic amines is 1. The third-order valence-electron chi connectivity index (χ3n) is 5.93. The minimum absolute atomic E-state index is 0.0216. The minimum Gasteiger partial charge on any atom is -0.347 e. The fourth-order valence-electron chi connectivity index (χ4n) is 4.31. The lowest BCUT2D eigenvalue weighted by atomic mass is 9.78. The summed E-state index contributed by atoms with van der Waals surface area (Å²) in [5.74, 6) is 0.744. The number of carbonyl (C=O) groups is 2. The Hall–Kier alpha value is -2.18. The summed E-state index contributed by atoms with van der Waals surface area (Å²) in [4.78, 5) is 35.9. The van der Waals surface area contributed by atoms with Gasteiger partial charge in [-0.2, -0.15) is 0 Å². The van der Waals surface area contributed by atoms with E-state index in [1.54, 1.807) is 18.2 Å². The Morgan fingerprint density at radius 3 is 2.79 bits per heavy atom. The van der Waals surface area contributed by atoms with E-state index in [0.29, 0.717) is 35.9 Å². The molecule has 148 valence electrons. The van der Waals surface area contributed by atoms with Gasteiger partial charge in [0.25, 0.3) is 5.91 Å². The molecule has 2 N–H and O–H groups in total. The van der Waals surface area contributed by atoms with E-state index >= 15 is 0 Å². The number of amides is 1. The molecule has 0 radical (unpaired) electrons.